The van der Waals surface area contributed by atoms with Gasteiger partial charge in [-0.25, -0.2) is 4.39 Å². The minimum absolute atomic E-state index is 0.120. The number of carbonyl (C=O) groups is 2. The Morgan fingerprint density at radius 3 is 2.67 bits per heavy atom. The van der Waals surface area contributed by atoms with E-state index in [0.29, 0.717) is 12.8 Å². The Balaban J connectivity index is 2.28. The first-order valence-electron chi connectivity index (χ1n) is 6.74. The zero-order chi connectivity index (χ0) is 15.4. The molecule has 1 heterocycles. The van der Waals surface area contributed by atoms with Gasteiger partial charge in [-0.2, -0.15) is 0 Å². The summed E-state index contributed by atoms with van der Waals surface area (Å²) in [7, 11) is 0. The van der Waals surface area contributed by atoms with E-state index < -0.39 is 17.6 Å². The number of nitrogens with one attached hydrogen (secondary N) is 1. The van der Waals surface area contributed by atoms with E-state index in [4.69, 9.17) is 17.3 Å². The highest BCUT2D eigenvalue weighted by atomic mass is 35.5. The van der Waals surface area contributed by atoms with Gasteiger partial charge in [0.1, 0.15) is 0 Å². The molecule has 0 atom stereocenters. The fraction of sp³-hybridized carbons (Fsp3) is 0.429. The molecule has 2 rings (SSSR count). The van der Waals surface area contributed by atoms with Crippen molar-refractivity contribution >= 4 is 23.4 Å². The summed E-state index contributed by atoms with van der Waals surface area (Å²) in [5.74, 6) is -1.95. The van der Waals surface area contributed by atoms with Crippen LogP contribution in [0.2, 0.25) is 5.02 Å². The first-order valence-corrected chi connectivity index (χ1v) is 7.12. The first kappa shape index (κ1) is 15.7. The Labute approximate surface area is 127 Å². The van der Waals surface area contributed by atoms with Crippen LogP contribution in [0.3, 0.4) is 0 Å². The third-order valence-electron chi connectivity index (χ3n) is 3.52. The molecular weight excluding hydrogens is 297 g/mol. The summed E-state index contributed by atoms with van der Waals surface area (Å²) in [4.78, 5) is 25.1. The van der Waals surface area contributed by atoms with Crippen LogP contribution in [0.15, 0.2) is 18.2 Å². The molecule has 1 fully saturated rings. The fourth-order valence-electron chi connectivity index (χ4n) is 2.48. The molecule has 7 heteroatoms. The van der Waals surface area contributed by atoms with Crippen molar-refractivity contribution in [2.45, 2.75) is 18.9 Å². The number of primary amides is 1. The first-order chi connectivity index (χ1) is 10.0. The molecule has 3 N–H and O–H groups in total. The highest BCUT2D eigenvalue weighted by molar-refractivity contribution is 6.31. The Kier molecular flexibility index (Phi) is 5.14. The average molecular weight is 314 g/mol. The predicted molar refractivity (Wildman–Crippen MR) is 77.5 cm³/mol. The van der Waals surface area contributed by atoms with E-state index in [0.717, 1.165) is 13.1 Å². The lowest BCUT2D eigenvalue weighted by Crippen LogP contribution is -2.49. The monoisotopic (exact) mass is 313 g/mol. The van der Waals surface area contributed by atoms with Crippen LogP contribution in [-0.2, 0) is 4.79 Å². The number of nitrogens with zero attached hydrogens (tertiary/aromatic N) is 1. The SMILES string of the molecule is NC(=O)CN(C(=O)c1cccc(Cl)c1F)C1CCNCC1. The number of rotatable bonds is 4. The molecule has 0 saturated carbocycles. The molecule has 1 aromatic rings. The summed E-state index contributed by atoms with van der Waals surface area (Å²) >= 11 is 5.71. The van der Waals surface area contributed by atoms with Crippen molar-refractivity contribution in [2.24, 2.45) is 5.73 Å². The molecule has 0 radical (unpaired) electrons. The van der Waals surface area contributed by atoms with Crippen LogP contribution in [0.1, 0.15) is 23.2 Å². The molecule has 1 aliphatic heterocycles. The van der Waals surface area contributed by atoms with Gasteiger partial charge in [0.05, 0.1) is 17.1 Å². The van der Waals surface area contributed by atoms with Crippen molar-refractivity contribution in [3.8, 4) is 0 Å². The van der Waals surface area contributed by atoms with E-state index in [2.05, 4.69) is 5.32 Å². The summed E-state index contributed by atoms with van der Waals surface area (Å²) in [6.45, 7) is 1.26. The molecule has 2 amide bonds. The molecule has 21 heavy (non-hydrogen) atoms. The maximum atomic E-state index is 14.0. The smallest absolute Gasteiger partial charge is 0.257 e. The molecule has 1 saturated heterocycles. The van der Waals surface area contributed by atoms with E-state index in [1.165, 1.54) is 23.1 Å². The molecule has 0 spiro atoms. The van der Waals surface area contributed by atoms with Crippen LogP contribution in [0.4, 0.5) is 4.39 Å². The second kappa shape index (κ2) is 6.87. The van der Waals surface area contributed by atoms with Crippen LogP contribution < -0.4 is 11.1 Å². The minimum atomic E-state index is -0.771. The van der Waals surface area contributed by atoms with Crippen molar-refractivity contribution in [1.82, 2.24) is 10.2 Å². The van der Waals surface area contributed by atoms with Gasteiger partial charge in [-0.1, -0.05) is 17.7 Å². The van der Waals surface area contributed by atoms with Gasteiger partial charge in [0.25, 0.3) is 5.91 Å². The van der Waals surface area contributed by atoms with Gasteiger partial charge in [0.2, 0.25) is 5.91 Å². The van der Waals surface area contributed by atoms with E-state index >= 15 is 0 Å². The second-order valence-electron chi connectivity index (χ2n) is 4.98. The summed E-state index contributed by atoms with van der Waals surface area (Å²) in [5, 5.41) is 3.05. The van der Waals surface area contributed by atoms with Gasteiger partial charge in [0, 0.05) is 6.04 Å². The second-order valence-corrected chi connectivity index (χ2v) is 5.39. The van der Waals surface area contributed by atoms with E-state index in [9.17, 15) is 14.0 Å². The molecule has 1 aliphatic rings. The Bertz CT molecular complexity index is 547. The maximum absolute atomic E-state index is 14.0. The van der Waals surface area contributed by atoms with Crippen LogP contribution in [0.5, 0.6) is 0 Å². The zero-order valence-electron chi connectivity index (χ0n) is 11.4. The molecule has 5 nitrogen and oxygen atoms in total. The van der Waals surface area contributed by atoms with Crippen LogP contribution >= 0.6 is 11.6 Å². The number of amides is 2. The van der Waals surface area contributed by atoms with Gasteiger partial charge < -0.3 is 16.0 Å². The summed E-state index contributed by atoms with van der Waals surface area (Å²) in [6, 6.07) is 4.10. The average Bonchev–Trinajstić information content (AvgIpc) is 2.48. The maximum Gasteiger partial charge on any atom is 0.257 e. The standard InChI is InChI=1S/C14H17ClFN3O2/c15-11-3-1-2-10(13(11)16)14(21)19(8-12(17)20)9-4-6-18-7-5-9/h1-3,9,18H,4-8H2,(H2,17,20). The summed E-state index contributed by atoms with van der Waals surface area (Å²) < 4.78 is 14.0. The normalized spacial score (nSPS) is 15.7. The lowest BCUT2D eigenvalue weighted by Gasteiger charge is -2.34. The molecular formula is C14H17ClFN3O2. The largest absolute Gasteiger partial charge is 0.368 e. The number of carbonyl (C=O) groups excluding carboxylic acids is 2. The fourth-order valence-corrected chi connectivity index (χ4v) is 2.65. The van der Waals surface area contributed by atoms with E-state index in [1.807, 2.05) is 0 Å². The number of hydrogen-bond acceptors (Lipinski definition) is 3. The zero-order valence-corrected chi connectivity index (χ0v) is 12.2. The third-order valence-corrected chi connectivity index (χ3v) is 3.81. The van der Waals surface area contributed by atoms with Crippen LogP contribution in [-0.4, -0.2) is 42.4 Å². The van der Waals surface area contributed by atoms with Crippen molar-refractivity contribution in [1.29, 1.82) is 0 Å². The number of benzene rings is 1. The molecule has 0 unspecified atom stereocenters. The Morgan fingerprint density at radius 2 is 2.05 bits per heavy atom. The van der Waals surface area contributed by atoms with E-state index in [1.54, 1.807) is 0 Å². The lowest BCUT2D eigenvalue weighted by molar-refractivity contribution is -0.119. The van der Waals surface area contributed by atoms with Gasteiger partial charge in [-0.15, -0.1) is 0 Å². The number of nitrogens with two attached hydrogens (primary N) is 1. The molecule has 0 aromatic heterocycles. The minimum Gasteiger partial charge on any atom is -0.368 e. The molecule has 0 bridgehead atoms. The number of hydrogen-bond donors (Lipinski definition) is 2. The summed E-state index contributed by atoms with van der Waals surface area (Å²) in [5.41, 5.74) is 5.08. The van der Waals surface area contributed by atoms with Crippen LogP contribution in [0, 0.1) is 5.82 Å². The van der Waals surface area contributed by atoms with Gasteiger partial charge in [0.15, 0.2) is 5.82 Å². The predicted octanol–water partition coefficient (Wildman–Crippen LogP) is 1.16. The Hall–Kier alpha value is -1.66. The van der Waals surface area contributed by atoms with Crippen molar-refractivity contribution in [3.05, 3.63) is 34.6 Å². The number of halogens is 2. The topological polar surface area (TPSA) is 75.4 Å². The lowest BCUT2D eigenvalue weighted by atomic mass is 10.0. The van der Waals surface area contributed by atoms with Gasteiger partial charge >= 0.3 is 0 Å². The third kappa shape index (κ3) is 3.71. The quantitative estimate of drug-likeness (QED) is 0.876. The highest BCUT2D eigenvalue weighted by Crippen LogP contribution is 2.22. The molecule has 114 valence electrons. The molecule has 0 aliphatic carbocycles. The highest BCUT2D eigenvalue weighted by Gasteiger charge is 2.29. The van der Waals surface area contributed by atoms with Crippen molar-refractivity contribution < 1.29 is 14.0 Å². The summed E-state index contributed by atoms with van der Waals surface area (Å²) in [6.07, 6.45) is 1.39. The van der Waals surface area contributed by atoms with Gasteiger partial charge in [-0.3, -0.25) is 9.59 Å². The van der Waals surface area contributed by atoms with Crippen LogP contribution in [0.25, 0.3) is 0 Å². The van der Waals surface area contributed by atoms with Crippen molar-refractivity contribution in [3.63, 3.8) is 0 Å². The van der Waals surface area contributed by atoms with Crippen molar-refractivity contribution in [2.75, 3.05) is 19.6 Å². The van der Waals surface area contributed by atoms with Gasteiger partial charge in [-0.05, 0) is 38.1 Å². The number of piperidine rings is 1. The van der Waals surface area contributed by atoms with E-state index in [-0.39, 0.29) is 23.2 Å². The molecule has 1 aromatic carbocycles. The Morgan fingerprint density at radius 1 is 1.38 bits per heavy atom.